The summed E-state index contributed by atoms with van der Waals surface area (Å²) in [5, 5.41) is 5.47. The number of halogens is 3. The highest BCUT2D eigenvalue weighted by molar-refractivity contribution is 6.35. The minimum Gasteiger partial charge on any atom is -0.306 e. The zero-order valence-electron chi connectivity index (χ0n) is 11.4. The van der Waals surface area contributed by atoms with Crippen LogP contribution in [0.1, 0.15) is 29.7 Å². The Morgan fingerprint density at radius 1 is 1.05 bits per heavy atom. The Hall–Kier alpha value is -0.730. The van der Waals surface area contributed by atoms with Crippen LogP contribution in [-0.4, -0.2) is 6.54 Å². The molecule has 2 rings (SSSR count). The van der Waals surface area contributed by atoms with Gasteiger partial charge in [-0.25, -0.2) is 0 Å². The molecule has 2 aromatic rings. The first kappa shape index (κ1) is 15.7. The fourth-order valence-electron chi connectivity index (χ4n) is 2.22. The number of nitrogens with one attached hydrogen (secondary N) is 1. The topological polar surface area (TPSA) is 12.0 Å². The molecule has 0 aliphatic carbocycles. The number of benzene rings is 2. The zero-order chi connectivity index (χ0) is 14.7. The molecule has 1 N–H and O–H groups in total. The molecule has 1 unspecified atom stereocenters. The van der Waals surface area contributed by atoms with E-state index in [1.165, 1.54) is 0 Å². The number of rotatable bonds is 4. The van der Waals surface area contributed by atoms with Gasteiger partial charge >= 0.3 is 0 Å². The third kappa shape index (κ3) is 3.29. The lowest BCUT2D eigenvalue weighted by Crippen LogP contribution is -2.22. The third-order valence-electron chi connectivity index (χ3n) is 3.21. The van der Waals surface area contributed by atoms with Crippen molar-refractivity contribution < 1.29 is 0 Å². The highest BCUT2D eigenvalue weighted by Gasteiger charge is 2.19. The number of hydrogen-bond donors (Lipinski definition) is 1. The average Bonchev–Trinajstić information content (AvgIpc) is 2.40. The Morgan fingerprint density at radius 3 is 2.45 bits per heavy atom. The van der Waals surface area contributed by atoms with Crippen LogP contribution in [0.2, 0.25) is 15.1 Å². The Labute approximate surface area is 134 Å². The van der Waals surface area contributed by atoms with Crippen molar-refractivity contribution in [1.29, 1.82) is 0 Å². The van der Waals surface area contributed by atoms with Crippen molar-refractivity contribution in [3.63, 3.8) is 0 Å². The Kier molecular flexibility index (Phi) is 5.34. The van der Waals surface area contributed by atoms with E-state index in [2.05, 4.69) is 12.2 Å². The molecular weight excluding hydrogens is 313 g/mol. The molecule has 0 aliphatic rings. The second kappa shape index (κ2) is 6.82. The second-order valence-electron chi connectivity index (χ2n) is 4.63. The van der Waals surface area contributed by atoms with Crippen LogP contribution in [0.25, 0.3) is 0 Å². The maximum Gasteiger partial charge on any atom is 0.0606 e. The van der Waals surface area contributed by atoms with Crippen LogP contribution in [-0.2, 0) is 0 Å². The molecule has 4 heteroatoms. The summed E-state index contributed by atoms with van der Waals surface area (Å²) in [6, 6.07) is 11.5. The first-order chi connectivity index (χ1) is 9.54. The lowest BCUT2D eigenvalue weighted by Gasteiger charge is -2.22. The molecule has 106 valence electrons. The predicted molar refractivity (Wildman–Crippen MR) is 88.2 cm³/mol. The van der Waals surface area contributed by atoms with Gasteiger partial charge in [0.05, 0.1) is 6.04 Å². The molecule has 0 saturated carbocycles. The van der Waals surface area contributed by atoms with Gasteiger partial charge in [0.2, 0.25) is 0 Å². The Morgan fingerprint density at radius 2 is 1.80 bits per heavy atom. The van der Waals surface area contributed by atoms with Crippen molar-refractivity contribution in [3.05, 3.63) is 68.2 Å². The largest absolute Gasteiger partial charge is 0.306 e. The third-order valence-corrected chi connectivity index (χ3v) is 4.29. The monoisotopic (exact) mass is 327 g/mol. The Balaban J connectivity index is 2.53. The van der Waals surface area contributed by atoms with Crippen molar-refractivity contribution >= 4 is 34.8 Å². The molecule has 1 atom stereocenters. The van der Waals surface area contributed by atoms with E-state index in [0.29, 0.717) is 10.0 Å². The molecule has 0 amide bonds. The SMILES string of the molecule is CCNC(c1ccc(Cl)cc1Cl)c1cccc(C)c1Cl. The van der Waals surface area contributed by atoms with E-state index in [9.17, 15) is 0 Å². The highest BCUT2D eigenvalue weighted by Crippen LogP contribution is 2.34. The summed E-state index contributed by atoms with van der Waals surface area (Å²) in [5.41, 5.74) is 3.06. The fraction of sp³-hybridized carbons (Fsp3) is 0.250. The minimum atomic E-state index is -0.0443. The van der Waals surface area contributed by atoms with Crippen LogP contribution >= 0.6 is 34.8 Å². The standard InChI is InChI=1S/C16H16Cl3N/c1-3-20-16(12-8-7-11(17)9-14(12)18)13-6-4-5-10(2)15(13)19/h4-9,16,20H,3H2,1-2H3. The molecule has 1 nitrogen and oxygen atoms in total. The molecule has 0 aromatic heterocycles. The van der Waals surface area contributed by atoms with Crippen LogP contribution in [0.3, 0.4) is 0 Å². The molecule has 0 bridgehead atoms. The van der Waals surface area contributed by atoms with Gasteiger partial charge < -0.3 is 5.32 Å². The van der Waals surface area contributed by atoms with Crippen LogP contribution in [0.5, 0.6) is 0 Å². The lowest BCUT2D eigenvalue weighted by molar-refractivity contribution is 0.630. The van der Waals surface area contributed by atoms with Crippen molar-refractivity contribution in [2.45, 2.75) is 19.9 Å². The lowest BCUT2D eigenvalue weighted by atomic mass is 9.97. The van der Waals surface area contributed by atoms with Gasteiger partial charge in [0.1, 0.15) is 0 Å². The molecule has 0 aliphatic heterocycles. The summed E-state index contributed by atoms with van der Waals surface area (Å²) in [4.78, 5) is 0. The van der Waals surface area contributed by atoms with Crippen molar-refractivity contribution in [1.82, 2.24) is 5.32 Å². The first-order valence-electron chi connectivity index (χ1n) is 6.48. The van der Waals surface area contributed by atoms with Crippen molar-refractivity contribution in [2.24, 2.45) is 0 Å². The van der Waals surface area contributed by atoms with Crippen LogP contribution in [0, 0.1) is 6.92 Å². The van der Waals surface area contributed by atoms with Gasteiger partial charge in [-0.05, 0) is 42.3 Å². The quantitative estimate of drug-likeness (QED) is 0.764. The highest BCUT2D eigenvalue weighted by atomic mass is 35.5. The summed E-state index contributed by atoms with van der Waals surface area (Å²) < 4.78 is 0. The molecule has 0 spiro atoms. The maximum absolute atomic E-state index is 6.45. The summed E-state index contributed by atoms with van der Waals surface area (Å²) in [5.74, 6) is 0. The van der Waals surface area contributed by atoms with Gasteiger partial charge in [0.25, 0.3) is 0 Å². The van der Waals surface area contributed by atoms with Gasteiger partial charge in [0.15, 0.2) is 0 Å². The zero-order valence-corrected chi connectivity index (χ0v) is 13.7. The van der Waals surface area contributed by atoms with E-state index in [-0.39, 0.29) is 6.04 Å². The van der Waals surface area contributed by atoms with Gasteiger partial charge in [-0.15, -0.1) is 0 Å². The van der Waals surface area contributed by atoms with Gasteiger partial charge in [-0.1, -0.05) is 66.0 Å². The van der Waals surface area contributed by atoms with Crippen LogP contribution < -0.4 is 5.32 Å². The summed E-state index contributed by atoms with van der Waals surface area (Å²) in [6.07, 6.45) is 0. The smallest absolute Gasteiger partial charge is 0.0606 e. The molecule has 20 heavy (non-hydrogen) atoms. The van der Waals surface area contributed by atoms with Gasteiger partial charge in [0, 0.05) is 15.1 Å². The van der Waals surface area contributed by atoms with Crippen LogP contribution in [0.4, 0.5) is 0 Å². The average molecular weight is 329 g/mol. The van der Waals surface area contributed by atoms with E-state index >= 15 is 0 Å². The summed E-state index contributed by atoms with van der Waals surface area (Å²) in [6.45, 7) is 4.87. The van der Waals surface area contributed by atoms with E-state index in [1.54, 1.807) is 6.07 Å². The summed E-state index contributed by atoms with van der Waals surface area (Å²) >= 11 is 18.8. The molecule has 0 radical (unpaired) electrons. The molecule has 2 aromatic carbocycles. The van der Waals surface area contributed by atoms with Crippen molar-refractivity contribution in [2.75, 3.05) is 6.54 Å². The molecular formula is C16H16Cl3N. The summed E-state index contributed by atoms with van der Waals surface area (Å²) in [7, 11) is 0. The van der Waals surface area contributed by atoms with Crippen molar-refractivity contribution in [3.8, 4) is 0 Å². The maximum atomic E-state index is 6.45. The normalized spacial score (nSPS) is 12.4. The molecule has 0 heterocycles. The van der Waals surface area contributed by atoms with E-state index in [4.69, 9.17) is 34.8 Å². The Bertz CT molecular complexity index is 611. The number of aryl methyl sites for hydroxylation is 1. The van der Waals surface area contributed by atoms with Crippen LogP contribution in [0.15, 0.2) is 36.4 Å². The van der Waals surface area contributed by atoms with E-state index < -0.39 is 0 Å². The minimum absolute atomic E-state index is 0.0443. The van der Waals surface area contributed by atoms with E-state index in [1.807, 2.05) is 37.3 Å². The first-order valence-corrected chi connectivity index (χ1v) is 7.61. The van der Waals surface area contributed by atoms with Gasteiger partial charge in [-0.2, -0.15) is 0 Å². The van der Waals surface area contributed by atoms with E-state index in [0.717, 1.165) is 28.3 Å². The second-order valence-corrected chi connectivity index (χ2v) is 5.86. The predicted octanol–water partition coefficient (Wildman–Crippen LogP) is 5.65. The fourth-order valence-corrected chi connectivity index (χ4v) is 2.97. The molecule has 0 saturated heterocycles. The number of hydrogen-bond acceptors (Lipinski definition) is 1. The van der Waals surface area contributed by atoms with Gasteiger partial charge in [-0.3, -0.25) is 0 Å². The molecule has 0 fully saturated rings.